The third-order valence-corrected chi connectivity index (χ3v) is 4.31. The number of halogens is 1. The van der Waals surface area contributed by atoms with Gasteiger partial charge in [0.05, 0.1) is 15.2 Å². The molecule has 2 aromatic carbocycles. The summed E-state index contributed by atoms with van der Waals surface area (Å²) in [6, 6.07) is 13.0. The fourth-order valence-electron chi connectivity index (χ4n) is 2.00. The molecule has 0 aliphatic rings. The lowest BCUT2D eigenvalue weighted by atomic mass is 10.2. The van der Waals surface area contributed by atoms with Crippen molar-refractivity contribution in [3.63, 3.8) is 0 Å². The number of hydrogen-bond acceptors (Lipinski definition) is 4. The van der Waals surface area contributed by atoms with E-state index in [2.05, 4.69) is 10.3 Å². The van der Waals surface area contributed by atoms with E-state index >= 15 is 0 Å². The molecule has 22 heavy (non-hydrogen) atoms. The molecular weight excluding hydrogens is 320 g/mol. The number of para-hydroxylation sites is 2. The Bertz CT molecular complexity index is 832. The van der Waals surface area contributed by atoms with E-state index in [1.165, 1.54) is 11.3 Å². The van der Waals surface area contributed by atoms with Gasteiger partial charge in [0.1, 0.15) is 5.75 Å². The minimum Gasteiger partial charge on any atom is -0.482 e. The summed E-state index contributed by atoms with van der Waals surface area (Å²) in [5, 5.41) is 3.79. The molecule has 1 aromatic heterocycles. The monoisotopic (exact) mass is 332 g/mol. The summed E-state index contributed by atoms with van der Waals surface area (Å²) < 4.78 is 6.45. The van der Waals surface area contributed by atoms with Crippen molar-refractivity contribution in [2.45, 2.75) is 6.92 Å². The van der Waals surface area contributed by atoms with Gasteiger partial charge in [-0.05, 0) is 30.7 Å². The van der Waals surface area contributed by atoms with Gasteiger partial charge >= 0.3 is 0 Å². The van der Waals surface area contributed by atoms with Gasteiger partial charge in [0.2, 0.25) is 0 Å². The maximum Gasteiger partial charge on any atom is 0.264 e. The zero-order chi connectivity index (χ0) is 15.5. The molecule has 0 unspecified atom stereocenters. The number of aryl methyl sites for hydroxylation is 1. The normalized spacial score (nSPS) is 10.6. The van der Waals surface area contributed by atoms with Gasteiger partial charge in [0, 0.05) is 0 Å². The van der Waals surface area contributed by atoms with Gasteiger partial charge in [-0.1, -0.05) is 47.2 Å². The Morgan fingerprint density at radius 2 is 2.09 bits per heavy atom. The SMILES string of the molecule is Cc1cccc2sc(NC(=O)COc3ccccc3Cl)nc12. The molecule has 112 valence electrons. The number of ether oxygens (including phenoxy) is 1. The first kappa shape index (κ1) is 14.8. The van der Waals surface area contributed by atoms with Crippen LogP contribution in [0.2, 0.25) is 5.02 Å². The van der Waals surface area contributed by atoms with Crippen LogP contribution in [0.4, 0.5) is 5.13 Å². The van der Waals surface area contributed by atoms with Crippen molar-refractivity contribution >= 4 is 44.2 Å². The van der Waals surface area contributed by atoms with E-state index in [1.54, 1.807) is 24.3 Å². The summed E-state index contributed by atoms with van der Waals surface area (Å²) in [4.78, 5) is 16.4. The lowest BCUT2D eigenvalue weighted by Crippen LogP contribution is -2.20. The molecule has 1 heterocycles. The molecule has 0 saturated heterocycles. The zero-order valence-corrected chi connectivity index (χ0v) is 13.4. The number of amides is 1. The van der Waals surface area contributed by atoms with E-state index < -0.39 is 0 Å². The number of carbonyl (C=O) groups is 1. The van der Waals surface area contributed by atoms with Crippen LogP contribution in [0.5, 0.6) is 5.75 Å². The van der Waals surface area contributed by atoms with Gasteiger partial charge < -0.3 is 4.74 Å². The lowest BCUT2D eigenvalue weighted by molar-refractivity contribution is -0.118. The highest BCUT2D eigenvalue weighted by Crippen LogP contribution is 2.28. The Balaban J connectivity index is 1.66. The highest BCUT2D eigenvalue weighted by molar-refractivity contribution is 7.22. The van der Waals surface area contributed by atoms with Crippen molar-refractivity contribution in [1.82, 2.24) is 4.98 Å². The Morgan fingerprint density at radius 1 is 1.27 bits per heavy atom. The van der Waals surface area contributed by atoms with Crippen molar-refractivity contribution in [2.24, 2.45) is 0 Å². The smallest absolute Gasteiger partial charge is 0.264 e. The van der Waals surface area contributed by atoms with E-state index in [-0.39, 0.29) is 12.5 Å². The fraction of sp³-hybridized carbons (Fsp3) is 0.125. The third kappa shape index (κ3) is 3.21. The van der Waals surface area contributed by atoms with Crippen LogP contribution in [0.15, 0.2) is 42.5 Å². The first-order valence-electron chi connectivity index (χ1n) is 6.67. The second-order valence-corrected chi connectivity index (χ2v) is 6.15. The second kappa shape index (κ2) is 6.34. The molecule has 0 aliphatic carbocycles. The molecule has 0 radical (unpaired) electrons. The van der Waals surface area contributed by atoms with E-state index in [0.717, 1.165) is 15.8 Å². The minimum absolute atomic E-state index is 0.112. The Hall–Kier alpha value is -2.11. The van der Waals surface area contributed by atoms with Crippen molar-refractivity contribution in [3.05, 3.63) is 53.1 Å². The highest BCUT2D eigenvalue weighted by atomic mass is 35.5. The van der Waals surface area contributed by atoms with Crippen molar-refractivity contribution in [3.8, 4) is 5.75 Å². The van der Waals surface area contributed by atoms with Gasteiger partial charge in [0.15, 0.2) is 11.7 Å². The maximum atomic E-state index is 11.9. The first-order chi connectivity index (χ1) is 10.6. The van der Waals surface area contributed by atoms with Crippen LogP contribution >= 0.6 is 22.9 Å². The van der Waals surface area contributed by atoms with Crippen molar-refractivity contribution in [2.75, 3.05) is 11.9 Å². The molecular formula is C16H13ClN2O2S. The van der Waals surface area contributed by atoms with Gasteiger partial charge in [-0.3, -0.25) is 10.1 Å². The minimum atomic E-state index is -0.267. The molecule has 0 aliphatic heterocycles. The molecule has 0 bridgehead atoms. The van der Waals surface area contributed by atoms with Gasteiger partial charge in [0.25, 0.3) is 5.91 Å². The fourth-order valence-corrected chi connectivity index (χ4v) is 3.15. The Labute approximate surface area is 136 Å². The average Bonchev–Trinajstić information content (AvgIpc) is 2.90. The number of anilines is 1. The van der Waals surface area contributed by atoms with Gasteiger partial charge in [-0.25, -0.2) is 4.98 Å². The molecule has 6 heteroatoms. The van der Waals surface area contributed by atoms with Crippen molar-refractivity contribution < 1.29 is 9.53 Å². The summed E-state index contributed by atoms with van der Waals surface area (Å²) in [6.45, 7) is 1.88. The molecule has 1 amide bonds. The summed E-state index contributed by atoms with van der Waals surface area (Å²) in [5.41, 5.74) is 2.00. The highest BCUT2D eigenvalue weighted by Gasteiger charge is 2.10. The van der Waals surface area contributed by atoms with E-state index in [0.29, 0.717) is 15.9 Å². The zero-order valence-electron chi connectivity index (χ0n) is 11.8. The maximum absolute atomic E-state index is 11.9. The van der Waals surface area contributed by atoms with Crippen LogP contribution in [0, 0.1) is 6.92 Å². The number of carbonyl (C=O) groups excluding carboxylic acids is 1. The standard InChI is InChI=1S/C16H13ClN2O2S/c1-10-5-4-8-13-15(10)19-16(22-13)18-14(20)9-21-12-7-3-2-6-11(12)17/h2-8H,9H2,1H3,(H,18,19,20). The number of nitrogens with one attached hydrogen (secondary N) is 1. The summed E-state index contributed by atoms with van der Waals surface area (Å²) in [6.07, 6.45) is 0. The summed E-state index contributed by atoms with van der Waals surface area (Å²) in [5.74, 6) is 0.219. The largest absolute Gasteiger partial charge is 0.482 e. The molecule has 3 aromatic rings. The van der Waals surface area contributed by atoms with E-state index in [1.807, 2.05) is 25.1 Å². The quantitative estimate of drug-likeness (QED) is 0.776. The predicted octanol–water partition coefficient (Wildman–Crippen LogP) is 4.28. The van der Waals surface area contributed by atoms with Crippen LogP contribution in [0.25, 0.3) is 10.2 Å². The molecule has 0 fully saturated rings. The van der Waals surface area contributed by atoms with E-state index in [4.69, 9.17) is 16.3 Å². The number of nitrogens with zero attached hydrogens (tertiary/aromatic N) is 1. The number of benzene rings is 2. The number of fused-ring (bicyclic) bond motifs is 1. The van der Waals surface area contributed by atoms with Crippen LogP contribution in [0.3, 0.4) is 0 Å². The molecule has 3 rings (SSSR count). The third-order valence-electron chi connectivity index (χ3n) is 3.06. The van der Waals surface area contributed by atoms with Crippen molar-refractivity contribution in [1.29, 1.82) is 0 Å². The van der Waals surface area contributed by atoms with Crippen LogP contribution in [-0.2, 0) is 4.79 Å². The first-order valence-corrected chi connectivity index (χ1v) is 7.86. The van der Waals surface area contributed by atoms with Crippen LogP contribution in [0.1, 0.15) is 5.56 Å². The lowest BCUT2D eigenvalue weighted by Gasteiger charge is -2.06. The summed E-state index contributed by atoms with van der Waals surface area (Å²) >= 11 is 7.41. The van der Waals surface area contributed by atoms with Gasteiger partial charge in [-0.15, -0.1) is 0 Å². The second-order valence-electron chi connectivity index (χ2n) is 4.71. The number of rotatable bonds is 4. The van der Waals surface area contributed by atoms with Crippen LogP contribution in [-0.4, -0.2) is 17.5 Å². The summed E-state index contributed by atoms with van der Waals surface area (Å²) in [7, 11) is 0. The molecule has 1 N–H and O–H groups in total. The Kier molecular flexibility index (Phi) is 4.27. The molecule has 4 nitrogen and oxygen atoms in total. The number of thiazole rings is 1. The Morgan fingerprint density at radius 3 is 2.86 bits per heavy atom. The average molecular weight is 333 g/mol. The topological polar surface area (TPSA) is 51.2 Å². The van der Waals surface area contributed by atoms with Crippen LogP contribution < -0.4 is 10.1 Å². The molecule has 0 spiro atoms. The predicted molar refractivity (Wildman–Crippen MR) is 89.9 cm³/mol. The molecule has 0 atom stereocenters. The number of aromatic nitrogens is 1. The molecule has 0 saturated carbocycles. The number of hydrogen-bond donors (Lipinski definition) is 1. The van der Waals surface area contributed by atoms with E-state index in [9.17, 15) is 4.79 Å². The van der Waals surface area contributed by atoms with Gasteiger partial charge in [-0.2, -0.15) is 0 Å².